The lowest BCUT2D eigenvalue weighted by Crippen LogP contribution is -2.38. The smallest absolute Gasteiger partial charge is 0.226 e. The molecule has 0 spiro atoms. The number of guanidine groups is 1. The number of nitrogens with zero attached hydrogens (tertiary/aromatic N) is 2. The average molecular weight is 372 g/mol. The first kappa shape index (κ1) is 19.4. The predicted molar refractivity (Wildman–Crippen MR) is 105 cm³/mol. The van der Waals surface area contributed by atoms with Gasteiger partial charge >= 0.3 is 0 Å². The van der Waals surface area contributed by atoms with Gasteiger partial charge in [-0.3, -0.25) is 0 Å². The summed E-state index contributed by atoms with van der Waals surface area (Å²) < 4.78 is 16.6. The van der Waals surface area contributed by atoms with Crippen LogP contribution in [0.15, 0.2) is 46.0 Å². The first-order valence-corrected chi connectivity index (χ1v) is 9.56. The van der Waals surface area contributed by atoms with E-state index in [-0.39, 0.29) is 6.10 Å². The second-order valence-corrected chi connectivity index (χ2v) is 6.34. The van der Waals surface area contributed by atoms with E-state index in [2.05, 4.69) is 20.6 Å². The molecule has 7 nitrogen and oxygen atoms in total. The predicted octanol–water partition coefficient (Wildman–Crippen LogP) is 2.59. The molecule has 1 atom stereocenters. The zero-order valence-corrected chi connectivity index (χ0v) is 15.8. The van der Waals surface area contributed by atoms with Crippen LogP contribution in [0.2, 0.25) is 0 Å². The highest BCUT2D eigenvalue weighted by Gasteiger charge is 2.15. The number of benzene rings is 1. The first-order chi connectivity index (χ1) is 13.3. The molecule has 1 aliphatic heterocycles. The quantitative estimate of drug-likeness (QED) is 0.400. The molecule has 1 fully saturated rings. The van der Waals surface area contributed by atoms with Gasteiger partial charge in [0.2, 0.25) is 5.89 Å². The summed E-state index contributed by atoms with van der Waals surface area (Å²) >= 11 is 0. The molecule has 2 N–H and O–H groups in total. The number of hydrogen-bond acceptors (Lipinski definition) is 5. The van der Waals surface area contributed by atoms with E-state index in [0.29, 0.717) is 12.4 Å². The summed E-state index contributed by atoms with van der Waals surface area (Å²) in [6, 6.07) is 9.86. The minimum atomic E-state index is 0.262. The molecule has 1 aromatic carbocycles. The normalized spacial score (nSPS) is 17.2. The Balaban J connectivity index is 1.43. The molecule has 2 heterocycles. The van der Waals surface area contributed by atoms with E-state index >= 15 is 0 Å². The Bertz CT molecular complexity index is 696. The molecule has 1 unspecified atom stereocenters. The van der Waals surface area contributed by atoms with Crippen LogP contribution in [0.3, 0.4) is 0 Å². The number of hydrogen-bond donors (Lipinski definition) is 2. The molecule has 146 valence electrons. The molecule has 0 radical (unpaired) electrons. The van der Waals surface area contributed by atoms with Crippen molar-refractivity contribution in [3.8, 4) is 11.5 Å². The van der Waals surface area contributed by atoms with Crippen LogP contribution in [0, 0.1) is 0 Å². The van der Waals surface area contributed by atoms with Crippen LogP contribution < -0.4 is 10.6 Å². The van der Waals surface area contributed by atoms with Crippen molar-refractivity contribution in [2.24, 2.45) is 4.99 Å². The van der Waals surface area contributed by atoms with Crippen LogP contribution in [0.5, 0.6) is 0 Å². The standard InChI is InChI=1S/C20H28N4O3/c1-2-21-20(22-10-6-11-26-18-9-12-25-15-18)23-13-17-14-27-19(24-17)16-7-4-3-5-8-16/h3-5,7-8,14,18H,2,6,9-13,15H2,1H3,(H2,21,22,23). The van der Waals surface area contributed by atoms with Crippen molar-refractivity contribution in [3.05, 3.63) is 42.3 Å². The summed E-state index contributed by atoms with van der Waals surface area (Å²) in [6.07, 6.45) is 3.84. The Labute approximate surface area is 160 Å². The van der Waals surface area contributed by atoms with Crippen molar-refractivity contribution in [2.75, 3.05) is 32.9 Å². The van der Waals surface area contributed by atoms with Crippen molar-refractivity contribution >= 4 is 5.96 Å². The third-order valence-corrected chi connectivity index (χ3v) is 4.17. The Hall–Kier alpha value is -2.38. The zero-order valence-electron chi connectivity index (χ0n) is 15.8. The van der Waals surface area contributed by atoms with Crippen LogP contribution in [-0.4, -0.2) is 50.0 Å². The van der Waals surface area contributed by atoms with E-state index < -0.39 is 0 Å². The van der Waals surface area contributed by atoms with Crippen LogP contribution in [0.25, 0.3) is 11.5 Å². The topological polar surface area (TPSA) is 80.9 Å². The molecule has 2 aromatic rings. The van der Waals surface area contributed by atoms with Crippen molar-refractivity contribution in [2.45, 2.75) is 32.4 Å². The third-order valence-electron chi connectivity index (χ3n) is 4.17. The van der Waals surface area contributed by atoms with Crippen molar-refractivity contribution < 1.29 is 13.9 Å². The highest BCUT2D eigenvalue weighted by Crippen LogP contribution is 2.18. The maximum absolute atomic E-state index is 5.77. The van der Waals surface area contributed by atoms with Crippen LogP contribution >= 0.6 is 0 Å². The fourth-order valence-corrected chi connectivity index (χ4v) is 2.77. The van der Waals surface area contributed by atoms with Crippen LogP contribution in [-0.2, 0) is 16.0 Å². The summed E-state index contributed by atoms with van der Waals surface area (Å²) in [7, 11) is 0. The molecule has 3 rings (SSSR count). The van der Waals surface area contributed by atoms with Gasteiger partial charge in [0.1, 0.15) is 12.0 Å². The molecule has 7 heteroatoms. The average Bonchev–Trinajstić information content (AvgIpc) is 3.38. The summed E-state index contributed by atoms with van der Waals surface area (Å²) in [5.41, 5.74) is 1.76. The van der Waals surface area contributed by atoms with Gasteiger partial charge in [-0.25, -0.2) is 9.98 Å². The van der Waals surface area contributed by atoms with E-state index in [0.717, 1.165) is 63.0 Å². The van der Waals surface area contributed by atoms with Gasteiger partial charge in [-0.2, -0.15) is 0 Å². The lowest BCUT2D eigenvalue weighted by atomic mass is 10.2. The molecular formula is C20H28N4O3. The highest BCUT2D eigenvalue weighted by molar-refractivity contribution is 5.79. The lowest BCUT2D eigenvalue weighted by molar-refractivity contribution is 0.0420. The second kappa shape index (κ2) is 10.7. The number of nitrogens with one attached hydrogen (secondary N) is 2. The van der Waals surface area contributed by atoms with E-state index in [1.807, 2.05) is 37.3 Å². The fraction of sp³-hybridized carbons (Fsp3) is 0.500. The largest absolute Gasteiger partial charge is 0.444 e. The minimum Gasteiger partial charge on any atom is -0.444 e. The summed E-state index contributed by atoms with van der Waals surface area (Å²) in [5, 5.41) is 6.57. The Morgan fingerprint density at radius 2 is 2.19 bits per heavy atom. The van der Waals surface area contributed by atoms with Crippen molar-refractivity contribution in [1.82, 2.24) is 15.6 Å². The summed E-state index contributed by atoms with van der Waals surface area (Å²) in [6.45, 7) is 6.37. The fourth-order valence-electron chi connectivity index (χ4n) is 2.77. The van der Waals surface area contributed by atoms with E-state index in [1.54, 1.807) is 6.26 Å². The maximum Gasteiger partial charge on any atom is 0.226 e. The highest BCUT2D eigenvalue weighted by atomic mass is 16.5. The molecule has 1 aromatic heterocycles. The second-order valence-electron chi connectivity index (χ2n) is 6.34. The number of aliphatic imine (C=N–C) groups is 1. The zero-order chi connectivity index (χ0) is 18.7. The molecule has 27 heavy (non-hydrogen) atoms. The summed E-state index contributed by atoms with van der Waals surface area (Å²) in [5.74, 6) is 1.39. The molecule has 0 bridgehead atoms. The van der Waals surface area contributed by atoms with Crippen molar-refractivity contribution in [3.63, 3.8) is 0 Å². The van der Waals surface area contributed by atoms with Gasteiger partial charge in [-0.1, -0.05) is 18.2 Å². The molecule has 1 aliphatic rings. The molecule has 0 aliphatic carbocycles. The molecule has 1 saturated heterocycles. The maximum atomic E-state index is 5.77. The minimum absolute atomic E-state index is 0.262. The van der Waals surface area contributed by atoms with E-state index in [4.69, 9.17) is 13.9 Å². The number of oxazole rings is 1. The first-order valence-electron chi connectivity index (χ1n) is 9.56. The van der Waals surface area contributed by atoms with Gasteiger partial charge in [0, 0.05) is 31.9 Å². The van der Waals surface area contributed by atoms with Gasteiger partial charge in [0.05, 0.1) is 19.3 Å². The Morgan fingerprint density at radius 1 is 1.30 bits per heavy atom. The van der Waals surface area contributed by atoms with Crippen LogP contribution in [0.4, 0.5) is 0 Å². The van der Waals surface area contributed by atoms with Crippen LogP contribution in [0.1, 0.15) is 25.5 Å². The van der Waals surface area contributed by atoms with Gasteiger partial charge in [0.25, 0.3) is 0 Å². The Kier molecular flexibility index (Phi) is 7.68. The third kappa shape index (κ3) is 6.37. The lowest BCUT2D eigenvalue weighted by Gasteiger charge is -2.12. The van der Waals surface area contributed by atoms with Gasteiger partial charge in [-0.15, -0.1) is 0 Å². The van der Waals surface area contributed by atoms with E-state index in [1.165, 1.54) is 0 Å². The van der Waals surface area contributed by atoms with Gasteiger partial charge in [0.15, 0.2) is 5.96 Å². The molecule has 0 amide bonds. The van der Waals surface area contributed by atoms with Gasteiger partial charge < -0.3 is 24.5 Å². The number of ether oxygens (including phenoxy) is 2. The monoisotopic (exact) mass is 372 g/mol. The Morgan fingerprint density at radius 3 is 2.96 bits per heavy atom. The van der Waals surface area contributed by atoms with Crippen molar-refractivity contribution in [1.29, 1.82) is 0 Å². The summed E-state index contributed by atoms with van der Waals surface area (Å²) in [4.78, 5) is 9.08. The van der Waals surface area contributed by atoms with Gasteiger partial charge in [-0.05, 0) is 31.9 Å². The number of rotatable bonds is 9. The SMILES string of the molecule is CCNC(=NCc1coc(-c2ccccc2)n1)NCCCOC1CCOC1. The number of aromatic nitrogens is 1. The molecular weight excluding hydrogens is 344 g/mol. The van der Waals surface area contributed by atoms with E-state index in [9.17, 15) is 0 Å². The molecule has 0 saturated carbocycles.